The van der Waals surface area contributed by atoms with Crippen LogP contribution in [0.3, 0.4) is 0 Å². The molecular formula is C15H11FN4. The van der Waals surface area contributed by atoms with Crippen molar-refractivity contribution >= 4 is 11.6 Å². The molecule has 20 heavy (non-hydrogen) atoms. The van der Waals surface area contributed by atoms with Crippen LogP contribution in [0.1, 0.15) is 0 Å². The average Bonchev–Trinajstić information content (AvgIpc) is 2.49. The topological polar surface area (TPSA) is 50.7 Å². The number of para-hydroxylation sites is 1. The van der Waals surface area contributed by atoms with Gasteiger partial charge in [0.25, 0.3) is 0 Å². The van der Waals surface area contributed by atoms with Gasteiger partial charge in [-0.3, -0.25) is 0 Å². The third-order valence-electron chi connectivity index (χ3n) is 2.71. The molecule has 0 aliphatic rings. The quantitative estimate of drug-likeness (QED) is 0.738. The van der Waals surface area contributed by atoms with Crippen LogP contribution in [0, 0.1) is 5.95 Å². The Morgan fingerprint density at radius 3 is 2.50 bits per heavy atom. The highest BCUT2D eigenvalue weighted by Gasteiger charge is 2.04. The first-order valence-corrected chi connectivity index (χ1v) is 6.08. The maximum absolute atomic E-state index is 13.1. The fraction of sp³-hybridized carbons (Fsp3) is 0. The van der Waals surface area contributed by atoms with Crippen LogP contribution in [-0.4, -0.2) is 15.0 Å². The maximum atomic E-state index is 13.1. The van der Waals surface area contributed by atoms with Gasteiger partial charge in [0.2, 0.25) is 11.9 Å². The molecule has 0 amide bonds. The van der Waals surface area contributed by atoms with E-state index < -0.39 is 5.95 Å². The molecule has 4 nitrogen and oxygen atoms in total. The second-order valence-corrected chi connectivity index (χ2v) is 4.12. The third kappa shape index (κ3) is 2.77. The summed E-state index contributed by atoms with van der Waals surface area (Å²) in [5.41, 5.74) is 2.20. The number of rotatable bonds is 3. The number of hydrogen-bond donors (Lipinski definition) is 1. The first-order valence-electron chi connectivity index (χ1n) is 6.08. The van der Waals surface area contributed by atoms with Gasteiger partial charge in [0.05, 0.1) is 5.69 Å². The molecule has 0 fully saturated rings. The molecule has 0 aliphatic heterocycles. The largest absolute Gasteiger partial charge is 0.324 e. The van der Waals surface area contributed by atoms with E-state index in [-0.39, 0.29) is 0 Å². The van der Waals surface area contributed by atoms with E-state index in [1.54, 1.807) is 18.3 Å². The fourth-order valence-electron chi connectivity index (χ4n) is 1.79. The molecule has 2 aromatic heterocycles. The Balaban J connectivity index is 1.90. The Morgan fingerprint density at radius 1 is 0.900 bits per heavy atom. The molecule has 0 atom stereocenters. The minimum atomic E-state index is -0.529. The van der Waals surface area contributed by atoms with Gasteiger partial charge in [-0.15, -0.1) is 0 Å². The number of hydrogen-bond acceptors (Lipinski definition) is 4. The van der Waals surface area contributed by atoms with E-state index in [2.05, 4.69) is 20.3 Å². The van der Waals surface area contributed by atoms with Crippen LogP contribution in [0.2, 0.25) is 0 Å². The van der Waals surface area contributed by atoms with Gasteiger partial charge in [-0.1, -0.05) is 18.2 Å². The fourth-order valence-corrected chi connectivity index (χ4v) is 1.79. The van der Waals surface area contributed by atoms with E-state index in [1.165, 1.54) is 12.3 Å². The first-order chi connectivity index (χ1) is 9.81. The lowest BCUT2D eigenvalue weighted by Gasteiger charge is -2.06. The summed E-state index contributed by atoms with van der Waals surface area (Å²) in [6, 6.07) is 14.4. The van der Waals surface area contributed by atoms with Gasteiger partial charge < -0.3 is 5.32 Å². The highest BCUT2D eigenvalue weighted by Crippen LogP contribution is 2.19. The van der Waals surface area contributed by atoms with Gasteiger partial charge in [0.15, 0.2) is 0 Å². The molecule has 0 spiro atoms. The van der Waals surface area contributed by atoms with E-state index in [0.29, 0.717) is 17.2 Å². The van der Waals surface area contributed by atoms with E-state index >= 15 is 0 Å². The summed E-state index contributed by atoms with van der Waals surface area (Å²) in [5.74, 6) is -0.0652. The molecule has 0 bridgehead atoms. The summed E-state index contributed by atoms with van der Waals surface area (Å²) in [4.78, 5) is 12.0. The summed E-state index contributed by atoms with van der Waals surface area (Å²) in [6.07, 6.45) is 3.04. The minimum Gasteiger partial charge on any atom is -0.324 e. The second-order valence-electron chi connectivity index (χ2n) is 4.12. The van der Waals surface area contributed by atoms with E-state index in [0.717, 1.165) is 5.69 Å². The summed E-state index contributed by atoms with van der Waals surface area (Å²) in [5, 5.41) is 3.10. The van der Waals surface area contributed by atoms with Gasteiger partial charge >= 0.3 is 0 Å². The molecule has 0 unspecified atom stereocenters. The summed E-state index contributed by atoms with van der Waals surface area (Å²) in [6.45, 7) is 0. The van der Waals surface area contributed by atoms with Crippen LogP contribution in [-0.2, 0) is 0 Å². The van der Waals surface area contributed by atoms with Gasteiger partial charge in [-0.2, -0.15) is 4.39 Å². The molecule has 1 aromatic carbocycles. The van der Waals surface area contributed by atoms with Crippen molar-refractivity contribution in [3.63, 3.8) is 0 Å². The van der Waals surface area contributed by atoms with Crippen molar-refractivity contribution in [3.05, 3.63) is 66.9 Å². The van der Waals surface area contributed by atoms with E-state index in [1.807, 2.05) is 30.3 Å². The van der Waals surface area contributed by atoms with Crippen molar-refractivity contribution in [2.24, 2.45) is 0 Å². The zero-order valence-corrected chi connectivity index (χ0v) is 10.5. The maximum Gasteiger partial charge on any atom is 0.227 e. The zero-order chi connectivity index (χ0) is 13.8. The number of benzene rings is 1. The lowest BCUT2D eigenvalue weighted by Crippen LogP contribution is -1.97. The predicted molar refractivity (Wildman–Crippen MR) is 74.9 cm³/mol. The Bertz CT molecular complexity index is 716. The van der Waals surface area contributed by atoms with Crippen LogP contribution >= 0.6 is 0 Å². The molecule has 2 heterocycles. The molecular weight excluding hydrogens is 255 g/mol. The van der Waals surface area contributed by atoms with Crippen molar-refractivity contribution in [2.45, 2.75) is 0 Å². The average molecular weight is 266 g/mol. The summed E-state index contributed by atoms with van der Waals surface area (Å²) in [7, 11) is 0. The van der Waals surface area contributed by atoms with Gasteiger partial charge in [-0.25, -0.2) is 15.0 Å². The Labute approximate surface area is 115 Å². The molecule has 5 heteroatoms. The van der Waals surface area contributed by atoms with E-state index in [4.69, 9.17) is 0 Å². The van der Waals surface area contributed by atoms with Gasteiger partial charge in [0.1, 0.15) is 0 Å². The van der Waals surface area contributed by atoms with Crippen molar-refractivity contribution in [1.29, 1.82) is 0 Å². The van der Waals surface area contributed by atoms with Crippen molar-refractivity contribution < 1.29 is 4.39 Å². The van der Waals surface area contributed by atoms with Crippen LogP contribution < -0.4 is 5.32 Å². The second kappa shape index (κ2) is 5.44. The molecule has 98 valence electrons. The van der Waals surface area contributed by atoms with Gasteiger partial charge in [0, 0.05) is 29.7 Å². The molecule has 0 saturated heterocycles. The zero-order valence-electron chi connectivity index (χ0n) is 10.5. The lowest BCUT2D eigenvalue weighted by molar-refractivity contribution is 0.584. The molecule has 0 saturated carbocycles. The number of halogens is 1. The predicted octanol–water partition coefficient (Wildman–Crippen LogP) is 3.42. The number of aromatic nitrogens is 3. The standard InChI is InChI=1S/C15H11FN4/c16-14-10-11(6-8-17-14)13-7-9-18-15(20-13)19-12-4-2-1-3-5-12/h1-10H,(H,18,19,20). The monoisotopic (exact) mass is 266 g/mol. The minimum absolute atomic E-state index is 0.464. The highest BCUT2D eigenvalue weighted by molar-refractivity contribution is 5.61. The van der Waals surface area contributed by atoms with E-state index in [9.17, 15) is 4.39 Å². The molecule has 3 aromatic rings. The van der Waals surface area contributed by atoms with Crippen LogP contribution in [0.15, 0.2) is 60.9 Å². The normalized spacial score (nSPS) is 10.2. The Hall–Kier alpha value is -2.82. The highest BCUT2D eigenvalue weighted by atomic mass is 19.1. The Kier molecular flexibility index (Phi) is 3.33. The summed E-state index contributed by atoms with van der Waals surface area (Å²) >= 11 is 0. The lowest BCUT2D eigenvalue weighted by atomic mass is 10.2. The van der Waals surface area contributed by atoms with Crippen molar-refractivity contribution in [2.75, 3.05) is 5.32 Å². The molecule has 0 radical (unpaired) electrons. The van der Waals surface area contributed by atoms with Crippen molar-refractivity contribution in [3.8, 4) is 11.3 Å². The first kappa shape index (κ1) is 12.2. The van der Waals surface area contributed by atoms with Crippen LogP contribution in [0.5, 0.6) is 0 Å². The smallest absolute Gasteiger partial charge is 0.227 e. The third-order valence-corrected chi connectivity index (χ3v) is 2.71. The van der Waals surface area contributed by atoms with Crippen LogP contribution in [0.4, 0.5) is 16.0 Å². The number of nitrogens with one attached hydrogen (secondary N) is 1. The molecule has 3 rings (SSSR count). The van der Waals surface area contributed by atoms with Gasteiger partial charge in [-0.05, 0) is 24.3 Å². The SMILES string of the molecule is Fc1cc(-c2ccnc(Nc3ccccc3)n2)ccn1. The Morgan fingerprint density at radius 2 is 1.70 bits per heavy atom. The number of anilines is 2. The molecule has 0 aliphatic carbocycles. The molecule has 1 N–H and O–H groups in total. The van der Waals surface area contributed by atoms with Crippen molar-refractivity contribution in [1.82, 2.24) is 15.0 Å². The van der Waals surface area contributed by atoms with Crippen LogP contribution in [0.25, 0.3) is 11.3 Å². The number of nitrogens with zero attached hydrogens (tertiary/aromatic N) is 3. The summed E-state index contributed by atoms with van der Waals surface area (Å²) < 4.78 is 13.1. The number of pyridine rings is 1.